The Labute approximate surface area is 211 Å². The van der Waals surface area contributed by atoms with Crippen molar-refractivity contribution in [1.29, 1.82) is 5.26 Å². The number of rotatable bonds is 8. The van der Waals surface area contributed by atoms with Gasteiger partial charge in [0.1, 0.15) is 34.7 Å². The van der Waals surface area contributed by atoms with E-state index in [1.807, 2.05) is 0 Å². The van der Waals surface area contributed by atoms with E-state index in [1.165, 1.54) is 12.1 Å². The van der Waals surface area contributed by atoms with E-state index in [-0.39, 0.29) is 17.0 Å². The molecule has 4 rings (SSSR count). The average Bonchev–Trinajstić information content (AvgIpc) is 3.30. The number of nitrogens with one attached hydrogen (secondary N) is 1. The Morgan fingerprint density at radius 3 is 2.00 bits per heavy atom. The Bertz CT molecular complexity index is 1450. The number of amides is 1. The summed E-state index contributed by atoms with van der Waals surface area (Å²) in [7, 11) is 3.10. The molecule has 0 aliphatic heterocycles. The summed E-state index contributed by atoms with van der Waals surface area (Å²) in [5.41, 5.74) is 1.96. The van der Waals surface area contributed by atoms with Crippen molar-refractivity contribution in [2.45, 2.75) is 0 Å². The molecule has 0 atom stereocenters. The second kappa shape index (κ2) is 11.1. The Hall–Kier alpha value is -5.10. The molecule has 9 heteroatoms. The molecule has 1 N–H and O–H groups in total. The topological polar surface area (TPSA) is 111 Å². The van der Waals surface area contributed by atoms with Gasteiger partial charge in [-0.2, -0.15) is 5.26 Å². The molecule has 37 heavy (non-hydrogen) atoms. The van der Waals surface area contributed by atoms with Crippen LogP contribution in [-0.4, -0.2) is 32.7 Å². The highest BCUT2D eigenvalue weighted by molar-refractivity contribution is 5.98. The van der Waals surface area contributed by atoms with Gasteiger partial charge in [-0.3, -0.25) is 10.1 Å². The highest BCUT2D eigenvalue weighted by atomic mass is 19.1. The Kier molecular flexibility index (Phi) is 7.50. The fraction of sp³-hybridized carbons (Fsp3) is 0.107. The van der Waals surface area contributed by atoms with E-state index in [9.17, 15) is 19.2 Å². The predicted octanol–water partition coefficient (Wildman–Crippen LogP) is 5.44. The minimum absolute atomic E-state index is 0.0912. The van der Waals surface area contributed by atoms with Gasteiger partial charge in [0, 0.05) is 11.1 Å². The minimum atomic E-state index is -0.798. The zero-order chi connectivity index (χ0) is 26.4. The number of methoxy groups -OCH3 is 2. The molecule has 0 radical (unpaired) electrons. The summed E-state index contributed by atoms with van der Waals surface area (Å²) in [6.45, 7) is -0.641. The smallest absolute Gasteiger partial charge is 0.338 e. The van der Waals surface area contributed by atoms with Crippen LogP contribution in [0.5, 0.6) is 11.5 Å². The third kappa shape index (κ3) is 5.60. The number of ether oxygens (including phenoxy) is 3. The van der Waals surface area contributed by atoms with Crippen LogP contribution in [0.15, 0.2) is 77.2 Å². The number of hydrogen-bond donors (Lipinski definition) is 1. The molecule has 186 valence electrons. The van der Waals surface area contributed by atoms with Gasteiger partial charge in [0.15, 0.2) is 6.61 Å². The second-order valence-electron chi connectivity index (χ2n) is 7.71. The normalized spacial score (nSPS) is 10.3. The number of anilines is 1. The maximum Gasteiger partial charge on any atom is 0.338 e. The third-order valence-electron chi connectivity index (χ3n) is 5.42. The highest BCUT2D eigenvalue weighted by Gasteiger charge is 2.25. The first-order valence-electron chi connectivity index (χ1n) is 11.0. The molecule has 0 fully saturated rings. The van der Waals surface area contributed by atoms with Crippen LogP contribution < -0.4 is 14.8 Å². The number of nitrogens with zero attached hydrogens (tertiary/aromatic N) is 1. The average molecular weight is 500 g/mol. The van der Waals surface area contributed by atoms with Crippen molar-refractivity contribution >= 4 is 17.8 Å². The standard InChI is InChI=1S/C28H21FN2O6/c1-34-21-11-5-17(6-12-21)25-23(15-30)27(37-26(25)18-7-13-22(35-2)14-8-18)31-24(32)16-36-28(33)19-3-9-20(29)10-4-19/h3-14H,16H2,1-2H3,(H,31,32). The number of esters is 1. The van der Waals surface area contributed by atoms with Crippen LogP contribution in [-0.2, 0) is 9.53 Å². The van der Waals surface area contributed by atoms with Crippen molar-refractivity contribution in [2.24, 2.45) is 0 Å². The summed E-state index contributed by atoms with van der Waals surface area (Å²) in [6.07, 6.45) is 0. The van der Waals surface area contributed by atoms with Gasteiger partial charge >= 0.3 is 5.97 Å². The first-order chi connectivity index (χ1) is 17.9. The van der Waals surface area contributed by atoms with Crippen molar-refractivity contribution in [3.8, 4) is 40.0 Å². The lowest BCUT2D eigenvalue weighted by molar-refractivity contribution is -0.119. The molecule has 1 heterocycles. The van der Waals surface area contributed by atoms with Crippen LogP contribution in [0, 0.1) is 17.1 Å². The zero-order valence-electron chi connectivity index (χ0n) is 19.9. The number of carbonyl (C=O) groups is 2. The molecule has 1 aromatic heterocycles. The number of furan rings is 1. The maximum absolute atomic E-state index is 13.1. The lowest BCUT2D eigenvalue weighted by Gasteiger charge is -2.06. The van der Waals surface area contributed by atoms with E-state index >= 15 is 0 Å². The molecule has 0 unspecified atom stereocenters. The summed E-state index contributed by atoms with van der Waals surface area (Å²) >= 11 is 0. The first-order valence-corrected chi connectivity index (χ1v) is 11.0. The van der Waals surface area contributed by atoms with Gasteiger partial charge in [-0.05, 0) is 66.2 Å². The SMILES string of the molecule is COc1ccc(-c2oc(NC(=O)COC(=O)c3ccc(F)cc3)c(C#N)c2-c2ccc(OC)cc2)cc1. The highest BCUT2D eigenvalue weighted by Crippen LogP contribution is 2.42. The minimum Gasteiger partial charge on any atom is -0.497 e. The molecular weight excluding hydrogens is 479 g/mol. The summed E-state index contributed by atoms with van der Waals surface area (Å²) < 4.78 is 34.5. The molecule has 1 amide bonds. The van der Waals surface area contributed by atoms with Gasteiger partial charge in [0.25, 0.3) is 5.91 Å². The number of carbonyl (C=O) groups excluding carboxylic acids is 2. The molecule has 0 saturated heterocycles. The zero-order valence-corrected chi connectivity index (χ0v) is 19.9. The molecule has 0 aliphatic carbocycles. The van der Waals surface area contributed by atoms with Crippen molar-refractivity contribution in [2.75, 3.05) is 26.1 Å². The molecule has 4 aromatic rings. The van der Waals surface area contributed by atoms with Crippen molar-refractivity contribution in [3.05, 3.63) is 89.7 Å². The van der Waals surface area contributed by atoms with Gasteiger partial charge in [-0.15, -0.1) is 0 Å². The summed E-state index contributed by atoms with van der Waals surface area (Å²) in [5, 5.41) is 12.5. The van der Waals surface area contributed by atoms with Crippen LogP contribution in [0.4, 0.5) is 10.3 Å². The predicted molar refractivity (Wildman–Crippen MR) is 133 cm³/mol. The van der Waals surface area contributed by atoms with E-state index in [4.69, 9.17) is 18.6 Å². The number of halogens is 1. The first kappa shape index (κ1) is 25.0. The van der Waals surface area contributed by atoms with Crippen molar-refractivity contribution in [1.82, 2.24) is 0 Å². The number of nitriles is 1. The fourth-order valence-corrected chi connectivity index (χ4v) is 3.57. The van der Waals surface area contributed by atoms with Crippen molar-refractivity contribution < 1.29 is 32.6 Å². The summed E-state index contributed by atoms with van der Waals surface area (Å²) in [4.78, 5) is 24.7. The van der Waals surface area contributed by atoms with Crippen molar-refractivity contribution in [3.63, 3.8) is 0 Å². The largest absolute Gasteiger partial charge is 0.497 e. The lowest BCUT2D eigenvalue weighted by Crippen LogP contribution is -2.21. The summed E-state index contributed by atoms with van der Waals surface area (Å²) in [6, 6.07) is 20.9. The monoisotopic (exact) mass is 500 g/mol. The number of hydrogen-bond acceptors (Lipinski definition) is 7. The molecule has 0 bridgehead atoms. The van der Waals surface area contributed by atoms with Gasteiger partial charge in [0.2, 0.25) is 5.88 Å². The van der Waals surface area contributed by atoms with Crippen LogP contribution in [0.1, 0.15) is 15.9 Å². The third-order valence-corrected chi connectivity index (χ3v) is 5.42. The van der Waals surface area contributed by atoms with E-state index in [0.717, 1.165) is 12.1 Å². The van der Waals surface area contributed by atoms with Gasteiger partial charge < -0.3 is 18.6 Å². The van der Waals surface area contributed by atoms with Gasteiger partial charge in [0.05, 0.1) is 19.8 Å². The van der Waals surface area contributed by atoms with E-state index < -0.39 is 24.3 Å². The van der Waals surface area contributed by atoms with Gasteiger partial charge in [-0.1, -0.05) is 12.1 Å². The Morgan fingerprint density at radius 2 is 1.46 bits per heavy atom. The van der Waals surface area contributed by atoms with E-state index in [0.29, 0.717) is 33.9 Å². The Balaban J connectivity index is 1.63. The van der Waals surface area contributed by atoms with Crippen LogP contribution in [0.2, 0.25) is 0 Å². The fourth-order valence-electron chi connectivity index (χ4n) is 3.57. The molecule has 8 nitrogen and oxygen atoms in total. The van der Waals surface area contributed by atoms with Crippen LogP contribution in [0.25, 0.3) is 22.5 Å². The van der Waals surface area contributed by atoms with Crippen LogP contribution in [0.3, 0.4) is 0 Å². The Morgan fingerprint density at radius 1 is 0.892 bits per heavy atom. The summed E-state index contributed by atoms with van der Waals surface area (Å²) in [5.74, 6) is -0.496. The quantitative estimate of drug-likeness (QED) is 0.321. The van der Waals surface area contributed by atoms with Crippen LogP contribution >= 0.6 is 0 Å². The van der Waals surface area contributed by atoms with E-state index in [2.05, 4.69) is 11.4 Å². The van der Waals surface area contributed by atoms with Gasteiger partial charge in [-0.25, -0.2) is 9.18 Å². The molecular formula is C28H21FN2O6. The molecule has 0 spiro atoms. The molecule has 0 saturated carbocycles. The number of benzene rings is 3. The molecule has 3 aromatic carbocycles. The molecule has 0 aliphatic rings. The lowest BCUT2D eigenvalue weighted by atomic mass is 9.98. The maximum atomic E-state index is 13.1. The second-order valence-corrected chi connectivity index (χ2v) is 7.71. The van der Waals surface area contributed by atoms with E-state index in [1.54, 1.807) is 62.8 Å².